The van der Waals surface area contributed by atoms with Gasteiger partial charge in [0.05, 0.1) is 6.04 Å². The van der Waals surface area contributed by atoms with Gasteiger partial charge in [0.25, 0.3) is 5.91 Å². The summed E-state index contributed by atoms with van der Waals surface area (Å²) in [6.07, 6.45) is -1.40. The number of hydrogen-bond acceptors (Lipinski definition) is 4. The molecule has 1 amide bonds. The van der Waals surface area contributed by atoms with Gasteiger partial charge in [-0.25, -0.2) is 4.79 Å². The lowest BCUT2D eigenvalue weighted by Gasteiger charge is -2.15. The fraction of sp³-hybridized carbons (Fsp3) is 0.222. The van der Waals surface area contributed by atoms with Crippen LogP contribution in [0.4, 0.5) is 0 Å². The molecule has 0 radical (unpaired) electrons. The number of aliphatic hydroxyl groups excluding tert-OH is 1. The fourth-order valence-corrected chi connectivity index (χ4v) is 2.37. The van der Waals surface area contributed by atoms with Gasteiger partial charge in [0.2, 0.25) is 0 Å². The molecule has 2 aromatic carbocycles. The summed E-state index contributed by atoms with van der Waals surface area (Å²) in [7, 11) is 0. The third-order valence-corrected chi connectivity index (χ3v) is 3.96. The molecule has 2 rings (SSSR count). The summed E-state index contributed by atoms with van der Waals surface area (Å²) in [5.74, 6) is -1.29. The predicted octanol–water partition coefficient (Wildman–Crippen LogP) is 2.90. The molecule has 0 aliphatic carbocycles. The van der Waals surface area contributed by atoms with Crippen LogP contribution in [0, 0.1) is 0 Å². The largest absolute Gasteiger partial charge is 0.453 e. The van der Waals surface area contributed by atoms with E-state index in [1.165, 1.54) is 0 Å². The highest BCUT2D eigenvalue weighted by Crippen LogP contribution is 2.17. The normalized spacial score (nSPS) is 13.0. The van der Waals surface area contributed by atoms with Crippen molar-refractivity contribution in [2.24, 2.45) is 0 Å². The molecule has 0 bridgehead atoms. The van der Waals surface area contributed by atoms with Crippen LogP contribution in [-0.2, 0) is 14.3 Å². The maximum Gasteiger partial charge on any atom is 0.340 e. The highest BCUT2D eigenvalue weighted by molar-refractivity contribution is 9.10. The third kappa shape index (κ3) is 5.18. The average Bonchev–Trinajstić information content (AvgIpc) is 2.60. The molecule has 0 saturated heterocycles. The van der Waals surface area contributed by atoms with Crippen molar-refractivity contribution >= 4 is 27.8 Å². The molecule has 126 valence electrons. The standard InChI is InChI=1S/C18H18BrNO4/c1-12(13-7-9-15(19)10-8-13)20-16(21)11-24-18(23)17(22)14-5-3-2-4-6-14/h2-10,12,17,22H,11H2,1H3,(H,20,21)/t12-,17-/m0/s1. The summed E-state index contributed by atoms with van der Waals surface area (Å²) in [4.78, 5) is 23.7. The molecular weight excluding hydrogens is 374 g/mol. The van der Waals surface area contributed by atoms with E-state index in [1.54, 1.807) is 30.3 Å². The van der Waals surface area contributed by atoms with Gasteiger partial charge in [-0.05, 0) is 30.2 Å². The summed E-state index contributed by atoms with van der Waals surface area (Å²) < 4.78 is 5.82. The smallest absolute Gasteiger partial charge is 0.340 e. The first kappa shape index (κ1) is 18.2. The number of halogens is 1. The molecule has 0 fully saturated rings. The molecular formula is C18H18BrNO4. The Morgan fingerprint density at radius 1 is 1.08 bits per heavy atom. The van der Waals surface area contributed by atoms with E-state index in [-0.39, 0.29) is 6.04 Å². The Hall–Kier alpha value is -2.18. The first-order valence-electron chi connectivity index (χ1n) is 7.42. The number of ether oxygens (including phenoxy) is 1. The highest BCUT2D eigenvalue weighted by atomic mass is 79.9. The number of carbonyl (C=O) groups is 2. The number of benzene rings is 2. The van der Waals surface area contributed by atoms with Crippen LogP contribution in [-0.4, -0.2) is 23.6 Å². The van der Waals surface area contributed by atoms with Gasteiger partial charge in [-0.1, -0.05) is 58.4 Å². The summed E-state index contributed by atoms with van der Waals surface area (Å²) in [5, 5.41) is 12.6. The zero-order valence-electron chi connectivity index (χ0n) is 13.1. The quantitative estimate of drug-likeness (QED) is 0.742. The lowest BCUT2D eigenvalue weighted by Crippen LogP contribution is -2.32. The van der Waals surface area contributed by atoms with Gasteiger partial charge in [-0.3, -0.25) is 4.79 Å². The number of amides is 1. The number of esters is 1. The molecule has 0 aliphatic rings. The van der Waals surface area contributed by atoms with Gasteiger partial charge in [0.15, 0.2) is 12.7 Å². The number of rotatable bonds is 6. The molecule has 6 heteroatoms. The minimum Gasteiger partial charge on any atom is -0.453 e. The van der Waals surface area contributed by atoms with E-state index in [1.807, 2.05) is 31.2 Å². The Morgan fingerprint density at radius 2 is 1.71 bits per heavy atom. The van der Waals surface area contributed by atoms with Crippen LogP contribution in [0.1, 0.15) is 30.2 Å². The number of carbonyl (C=O) groups excluding carboxylic acids is 2. The number of aliphatic hydroxyl groups is 1. The number of nitrogens with one attached hydrogen (secondary N) is 1. The van der Waals surface area contributed by atoms with Crippen molar-refractivity contribution in [2.75, 3.05) is 6.61 Å². The van der Waals surface area contributed by atoms with Crippen molar-refractivity contribution in [1.82, 2.24) is 5.32 Å². The molecule has 0 aromatic heterocycles. The Balaban J connectivity index is 1.82. The van der Waals surface area contributed by atoms with Crippen LogP contribution < -0.4 is 5.32 Å². The average molecular weight is 392 g/mol. The van der Waals surface area contributed by atoms with Crippen LogP contribution >= 0.6 is 15.9 Å². The molecule has 0 spiro atoms. The molecule has 2 aromatic rings. The van der Waals surface area contributed by atoms with E-state index in [9.17, 15) is 14.7 Å². The topological polar surface area (TPSA) is 75.6 Å². The summed E-state index contributed by atoms with van der Waals surface area (Å²) >= 11 is 3.35. The summed E-state index contributed by atoms with van der Waals surface area (Å²) in [6, 6.07) is 15.7. The molecule has 0 heterocycles. The molecule has 0 aliphatic heterocycles. The van der Waals surface area contributed by atoms with E-state index < -0.39 is 24.6 Å². The predicted molar refractivity (Wildman–Crippen MR) is 93.1 cm³/mol. The van der Waals surface area contributed by atoms with Gasteiger partial charge >= 0.3 is 5.97 Å². The molecule has 24 heavy (non-hydrogen) atoms. The molecule has 2 atom stereocenters. The maximum atomic E-state index is 11.9. The Bertz CT molecular complexity index is 688. The second-order valence-electron chi connectivity index (χ2n) is 5.26. The van der Waals surface area contributed by atoms with Gasteiger partial charge in [0.1, 0.15) is 0 Å². The number of hydrogen-bond donors (Lipinski definition) is 2. The zero-order valence-corrected chi connectivity index (χ0v) is 14.7. The fourth-order valence-electron chi connectivity index (χ4n) is 2.10. The maximum absolute atomic E-state index is 11.9. The van der Waals surface area contributed by atoms with Crippen LogP contribution in [0.15, 0.2) is 59.1 Å². The van der Waals surface area contributed by atoms with E-state index in [0.717, 1.165) is 10.0 Å². The zero-order chi connectivity index (χ0) is 17.5. The van der Waals surface area contributed by atoms with E-state index in [4.69, 9.17) is 4.74 Å². The lowest BCUT2D eigenvalue weighted by atomic mass is 10.1. The minimum absolute atomic E-state index is 0.219. The van der Waals surface area contributed by atoms with Gasteiger partial charge in [0, 0.05) is 4.47 Å². The van der Waals surface area contributed by atoms with Gasteiger partial charge in [-0.2, -0.15) is 0 Å². The molecule has 0 saturated carbocycles. The SMILES string of the molecule is C[C@H](NC(=O)COC(=O)[C@@H](O)c1ccccc1)c1ccc(Br)cc1. The van der Waals surface area contributed by atoms with Gasteiger partial charge < -0.3 is 15.2 Å². The van der Waals surface area contributed by atoms with E-state index in [0.29, 0.717) is 5.56 Å². The summed E-state index contributed by atoms with van der Waals surface area (Å²) in [5.41, 5.74) is 1.35. The third-order valence-electron chi connectivity index (χ3n) is 3.43. The molecule has 5 nitrogen and oxygen atoms in total. The first-order valence-corrected chi connectivity index (χ1v) is 8.21. The molecule has 0 unspecified atom stereocenters. The Labute approximate surface area is 148 Å². The van der Waals surface area contributed by atoms with Crippen molar-refractivity contribution < 1.29 is 19.4 Å². The van der Waals surface area contributed by atoms with Crippen molar-refractivity contribution in [1.29, 1.82) is 0 Å². The summed E-state index contributed by atoms with van der Waals surface area (Å²) in [6.45, 7) is 1.39. The van der Waals surface area contributed by atoms with Crippen molar-refractivity contribution in [3.05, 3.63) is 70.2 Å². The highest BCUT2D eigenvalue weighted by Gasteiger charge is 2.20. The van der Waals surface area contributed by atoms with Crippen LogP contribution in [0.5, 0.6) is 0 Å². The van der Waals surface area contributed by atoms with E-state index >= 15 is 0 Å². The molecule has 2 N–H and O–H groups in total. The minimum atomic E-state index is -1.40. The Kier molecular flexibility index (Phi) is 6.52. The van der Waals surface area contributed by atoms with E-state index in [2.05, 4.69) is 21.2 Å². The monoisotopic (exact) mass is 391 g/mol. The van der Waals surface area contributed by atoms with Crippen LogP contribution in [0.3, 0.4) is 0 Å². The second-order valence-corrected chi connectivity index (χ2v) is 6.18. The van der Waals surface area contributed by atoms with Crippen molar-refractivity contribution in [3.63, 3.8) is 0 Å². The Morgan fingerprint density at radius 3 is 2.33 bits per heavy atom. The van der Waals surface area contributed by atoms with Crippen molar-refractivity contribution in [3.8, 4) is 0 Å². The van der Waals surface area contributed by atoms with Gasteiger partial charge in [-0.15, -0.1) is 0 Å². The lowest BCUT2D eigenvalue weighted by molar-refractivity contribution is -0.157. The first-order chi connectivity index (χ1) is 11.5. The van der Waals surface area contributed by atoms with Crippen LogP contribution in [0.2, 0.25) is 0 Å². The van der Waals surface area contributed by atoms with Crippen LogP contribution in [0.25, 0.3) is 0 Å². The van der Waals surface area contributed by atoms with Crippen molar-refractivity contribution in [2.45, 2.75) is 19.1 Å². The second kappa shape index (κ2) is 8.61.